The largest absolute Gasteiger partial charge is 0.324 e. The third-order valence-electron chi connectivity index (χ3n) is 4.58. The highest BCUT2D eigenvalue weighted by atomic mass is 15.2. The van der Waals surface area contributed by atoms with Gasteiger partial charge < -0.3 is 5.73 Å². The molecule has 3 rings (SSSR count). The molecule has 3 atom stereocenters. The summed E-state index contributed by atoms with van der Waals surface area (Å²) in [6.07, 6.45) is 7.11. The van der Waals surface area contributed by atoms with Crippen LogP contribution in [0, 0.1) is 11.8 Å². The second kappa shape index (κ2) is 2.96. The molecule has 0 radical (unpaired) electrons. The van der Waals surface area contributed by atoms with E-state index in [4.69, 9.17) is 5.73 Å². The predicted octanol–water partition coefficient (Wildman–Crippen LogP) is 1.60. The number of hydrogen-bond acceptors (Lipinski definition) is 2. The van der Waals surface area contributed by atoms with Crippen molar-refractivity contribution in [3.8, 4) is 0 Å². The van der Waals surface area contributed by atoms with Crippen LogP contribution in [-0.4, -0.2) is 29.6 Å². The number of rotatable bonds is 3. The first-order valence-corrected chi connectivity index (χ1v) is 6.18. The lowest BCUT2D eigenvalue weighted by Gasteiger charge is -2.35. The van der Waals surface area contributed by atoms with E-state index in [0.717, 1.165) is 24.4 Å². The Morgan fingerprint density at radius 2 is 2.07 bits per heavy atom. The molecule has 0 spiro atoms. The Bertz CT molecular complexity index is 232. The van der Waals surface area contributed by atoms with Crippen molar-refractivity contribution in [1.29, 1.82) is 0 Å². The number of piperidine rings is 1. The van der Waals surface area contributed by atoms with Gasteiger partial charge in [-0.2, -0.15) is 0 Å². The number of nitrogens with two attached hydrogens (primary N) is 1. The van der Waals surface area contributed by atoms with E-state index in [1.165, 1.54) is 38.6 Å². The van der Waals surface area contributed by atoms with Gasteiger partial charge >= 0.3 is 0 Å². The Morgan fingerprint density at radius 1 is 1.29 bits per heavy atom. The normalized spacial score (nSPS) is 41.6. The summed E-state index contributed by atoms with van der Waals surface area (Å²) < 4.78 is 0. The van der Waals surface area contributed by atoms with E-state index in [1.807, 2.05) is 0 Å². The summed E-state index contributed by atoms with van der Waals surface area (Å²) in [6.45, 7) is 4.75. The number of likely N-dealkylation sites (tertiary alicyclic amines) is 1. The van der Waals surface area contributed by atoms with E-state index in [1.54, 1.807) is 0 Å². The topological polar surface area (TPSA) is 29.3 Å². The van der Waals surface area contributed by atoms with Crippen molar-refractivity contribution in [2.45, 2.75) is 50.6 Å². The van der Waals surface area contributed by atoms with Gasteiger partial charge in [-0.25, -0.2) is 0 Å². The summed E-state index contributed by atoms with van der Waals surface area (Å²) in [5, 5.41) is 0. The van der Waals surface area contributed by atoms with Gasteiger partial charge in [-0.15, -0.1) is 0 Å². The summed E-state index contributed by atoms with van der Waals surface area (Å²) in [7, 11) is 0. The highest BCUT2D eigenvalue weighted by molar-refractivity contribution is 5.01. The molecule has 3 unspecified atom stereocenters. The van der Waals surface area contributed by atoms with Gasteiger partial charge in [0.25, 0.3) is 0 Å². The number of hydrogen-bond donors (Lipinski definition) is 1. The fraction of sp³-hybridized carbons (Fsp3) is 1.00. The van der Waals surface area contributed by atoms with E-state index in [-0.39, 0.29) is 5.54 Å². The standard InChI is InChI=1S/C12H22N2/c1-12(13,10-3-4-10)8-14-7-9-2-5-11(14)6-9/h9-11H,2-8,13H2,1H3. The average Bonchev–Trinajstić information content (AvgIpc) is 2.81. The fourth-order valence-corrected chi connectivity index (χ4v) is 3.53. The molecular weight excluding hydrogens is 172 g/mol. The zero-order chi connectivity index (χ0) is 9.76. The third kappa shape index (κ3) is 1.49. The van der Waals surface area contributed by atoms with Crippen LogP contribution in [0.15, 0.2) is 0 Å². The molecule has 3 aliphatic rings. The summed E-state index contributed by atoms with van der Waals surface area (Å²) in [5.74, 6) is 1.83. The molecule has 2 bridgehead atoms. The van der Waals surface area contributed by atoms with Crippen LogP contribution in [0.5, 0.6) is 0 Å². The van der Waals surface area contributed by atoms with Crippen molar-refractivity contribution in [2.75, 3.05) is 13.1 Å². The third-order valence-corrected chi connectivity index (χ3v) is 4.58. The van der Waals surface area contributed by atoms with Crippen molar-refractivity contribution >= 4 is 0 Å². The smallest absolute Gasteiger partial charge is 0.0283 e. The van der Waals surface area contributed by atoms with E-state index in [2.05, 4.69) is 11.8 Å². The summed E-state index contributed by atoms with van der Waals surface area (Å²) in [4.78, 5) is 2.67. The second-order valence-electron chi connectivity index (χ2n) is 6.04. The quantitative estimate of drug-likeness (QED) is 0.739. The minimum Gasteiger partial charge on any atom is -0.324 e. The second-order valence-corrected chi connectivity index (χ2v) is 6.04. The molecule has 1 aliphatic heterocycles. The molecule has 2 N–H and O–H groups in total. The van der Waals surface area contributed by atoms with Gasteiger partial charge in [0.1, 0.15) is 0 Å². The maximum absolute atomic E-state index is 6.39. The fourth-order valence-electron chi connectivity index (χ4n) is 3.53. The Kier molecular flexibility index (Phi) is 1.94. The van der Waals surface area contributed by atoms with Crippen molar-refractivity contribution in [2.24, 2.45) is 17.6 Å². The molecular formula is C12H22N2. The van der Waals surface area contributed by atoms with Crippen molar-refractivity contribution in [1.82, 2.24) is 4.90 Å². The van der Waals surface area contributed by atoms with Gasteiger partial charge in [-0.05, 0) is 50.9 Å². The maximum Gasteiger partial charge on any atom is 0.0283 e. The maximum atomic E-state index is 6.39. The number of nitrogens with zero attached hydrogens (tertiary/aromatic N) is 1. The van der Waals surface area contributed by atoms with Crippen LogP contribution in [0.1, 0.15) is 39.0 Å². The lowest BCUT2D eigenvalue weighted by Crippen LogP contribution is -2.51. The van der Waals surface area contributed by atoms with Crippen LogP contribution in [0.3, 0.4) is 0 Å². The molecule has 0 aromatic rings. The van der Waals surface area contributed by atoms with Gasteiger partial charge in [0, 0.05) is 24.7 Å². The highest BCUT2D eigenvalue weighted by Gasteiger charge is 2.44. The van der Waals surface area contributed by atoms with E-state index in [0.29, 0.717) is 0 Å². The minimum atomic E-state index is 0.102. The molecule has 80 valence electrons. The van der Waals surface area contributed by atoms with Gasteiger partial charge in [0.05, 0.1) is 0 Å². The first-order chi connectivity index (χ1) is 6.65. The molecule has 1 saturated heterocycles. The molecule has 1 heterocycles. The summed E-state index contributed by atoms with van der Waals surface area (Å²) in [6, 6.07) is 0.890. The molecule has 14 heavy (non-hydrogen) atoms. The van der Waals surface area contributed by atoms with Gasteiger partial charge in [0.15, 0.2) is 0 Å². The molecule has 0 amide bonds. The average molecular weight is 194 g/mol. The molecule has 2 aliphatic carbocycles. The van der Waals surface area contributed by atoms with Crippen LogP contribution in [0.25, 0.3) is 0 Å². The molecule has 0 aromatic carbocycles. The van der Waals surface area contributed by atoms with Gasteiger partial charge in [0.2, 0.25) is 0 Å². The summed E-state index contributed by atoms with van der Waals surface area (Å²) in [5.41, 5.74) is 6.49. The monoisotopic (exact) mass is 194 g/mol. The number of fused-ring (bicyclic) bond motifs is 2. The highest BCUT2D eigenvalue weighted by Crippen LogP contribution is 2.42. The zero-order valence-corrected chi connectivity index (χ0v) is 9.21. The lowest BCUT2D eigenvalue weighted by molar-refractivity contribution is 0.161. The van der Waals surface area contributed by atoms with E-state index >= 15 is 0 Å². The molecule has 2 saturated carbocycles. The predicted molar refractivity (Wildman–Crippen MR) is 58.0 cm³/mol. The van der Waals surface area contributed by atoms with E-state index in [9.17, 15) is 0 Å². The molecule has 3 fully saturated rings. The Balaban J connectivity index is 1.61. The Morgan fingerprint density at radius 3 is 2.57 bits per heavy atom. The van der Waals surface area contributed by atoms with Crippen LogP contribution in [-0.2, 0) is 0 Å². The van der Waals surface area contributed by atoms with Gasteiger partial charge in [-0.1, -0.05) is 0 Å². The molecule has 0 aromatic heterocycles. The zero-order valence-electron chi connectivity index (χ0n) is 9.21. The lowest BCUT2D eigenvalue weighted by atomic mass is 9.95. The van der Waals surface area contributed by atoms with Gasteiger partial charge in [-0.3, -0.25) is 4.90 Å². The van der Waals surface area contributed by atoms with Crippen molar-refractivity contribution < 1.29 is 0 Å². The van der Waals surface area contributed by atoms with Crippen molar-refractivity contribution in [3.05, 3.63) is 0 Å². The van der Waals surface area contributed by atoms with Crippen molar-refractivity contribution in [3.63, 3.8) is 0 Å². The van der Waals surface area contributed by atoms with Crippen LogP contribution >= 0.6 is 0 Å². The first kappa shape index (κ1) is 9.17. The molecule has 2 nitrogen and oxygen atoms in total. The Hall–Kier alpha value is -0.0800. The van der Waals surface area contributed by atoms with Crippen LogP contribution in [0.4, 0.5) is 0 Å². The molecule has 2 heteroatoms. The summed E-state index contributed by atoms with van der Waals surface area (Å²) >= 11 is 0. The minimum absolute atomic E-state index is 0.102. The Labute approximate surface area is 86.8 Å². The first-order valence-electron chi connectivity index (χ1n) is 6.18. The SMILES string of the molecule is CC(N)(CN1CC2CCC1C2)C1CC1. The van der Waals surface area contributed by atoms with Crippen LogP contribution < -0.4 is 5.73 Å². The van der Waals surface area contributed by atoms with Crippen LogP contribution in [0.2, 0.25) is 0 Å². The van der Waals surface area contributed by atoms with E-state index < -0.39 is 0 Å².